The van der Waals surface area contributed by atoms with Gasteiger partial charge in [0.15, 0.2) is 6.29 Å². The monoisotopic (exact) mass is 262 g/mol. The molecule has 0 heterocycles. The molecule has 0 aromatic rings. The van der Waals surface area contributed by atoms with E-state index in [1.165, 1.54) is 0 Å². The Kier molecular flexibility index (Phi) is 6.77. The van der Waals surface area contributed by atoms with Gasteiger partial charge in [-0.25, -0.2) is 0 Å². The highest BCUT2D eigenvalue weighted by molar-refractivity contribution is 5.02. The summed E-state index contributed by atoms with van der Waals surface area (Å²) >= 11 is 0. The van der Waals surface area contributed by atoms with Crippen LogP contribution in [-0.4, -0.2) is 63.3 Å². The minimum atomic E-state index is -1.03. The van der Waals surface area contributed by atoms with E-state index in [9.17, 15) is 15.3 Å². The van der Waals surface area contributed by atoms with Crippen LogP contribution in [0.25, 0.3) is 0 Å². The SMILES string of the molecule is OCC(O)COC(O)CCC1C=CC(O)CC1O. The third-order valence-electron chi connectivity index (χ3n) is 3.00. The Morgan fingerprint density at radius 3 is 2.56 bits per heavy atom. The van der Waals surface area contributed by atoms with E-state index in [0.717, 1.165) is 0 Å². The molecule has 0 spiro atoms. The van der Waals surface area contributed by atoms with Crippen molar-refractivity contribution in [3.8, 4) is 0 Å². The Morgan fingerprint density at radius 2 is 1.94 bits per heavy atom. The molecule has 0 aliphatic heterocycles. The van der Waals surface area contributed by atoms with Crippen molar-refractivity contribution in [3.05, 3.63) is 12.2 Å². The van der Waals surface area contributed by atoms with Gasteiger partial charge in [0.25, 0.3) is 0 Å². The third kappa shape index (κ3) is 5.43. The number of aliphatic hydroxyl groups excluding tert-OH is 5. The molecule has 0 bridgehead atoms. The lowest BCUT2D eigenvalue weighted by molar-refractivity contribution is -0.132. The quantitative estimate of drug-likeness (QED) is 0.290. The molecule has 0 aromatic carbocycles. The highest BCUT2D eigenvalue weighted by Crippen LogP contribution is 2.23. The van der Waals surface area contributed by atoms with Gasteiger partial charge in [0, 0.05) is 12.3 Å². The molecular formula is C12H22O6. The van der Waals surface area contributed by atoms with Crippen molar-refractivity contribution < 1.29 is 30.3 Å². The van der Waals surface area contributed by atoms with E-state index in [-0.39, 0.29) is 12.5 Å². The number of hydrogen-bond acceptors (Lipinski definition) is 6. The molecular weight excluding hydrogens is 240 g/mol. The van der Waals surface area contributed by atoms with Crippen molar-refractivity contribution >= 4 is 0 Å². The van der Waals surface area contributed by atoms with Gasteiger partial charge >= 0.3 is 0 Å². The maximum absolute atomic E-state index is 9.70. The van der Waals surface area contributed by atoms with Crippen molar-refractivity contribution in [1.29, 1.82) is 0 Å². The molecule has 0 saturated heterocycles. The van der Waals surface area contributed by atoms with Crippen LogP contribution in [-0.2, 0) is 4.74 Å². The summed E-state index contributed by atoms with van der Waals surface area (Å²) in [5.41, 5.74) is 0. The van der Waals surface area contributed by atoms with Gasteiger partial charge < -0.3 is 30.3 Å². The summed E-state index contributed by atoms with van der Waals surface area (Å²) in [6.45, 7) is -0.534. The second-order valence-electron chi connectivity index (χ2n) is 4.62. The van der Waals surface area contributed by atoms with Crippen LogP contribution in [0.4, 0.5) is 0 Å². The molecule has 18 heavy (non-hydrogen) atoms. The number of aliphatic hydroxyl groups is 5. The number of ether oxygens (including phenoxy) is 1. The molecule has 0 amide bonds. The van der Waals surface area contributed by atoms with Gasteiger partial charge in [0.05, 0.1) is 25.4 Å². The van der Waals surface area contributed by atoms with E-state index >= 15 is 0 Å². The Labute approximate surface area is 106 Å². The Hall–Kier alpha value is -0.500. The van der Waals surface area contributed by atoms with Crippen LogP contribution in [0.1, 0.15) is 19.3 Å². The molecule has 0 radical (unpaired) electrons. The average molecular weight is 262 g/mol. The highest BCUT2D eigenvalue weighted by Gasteiger charge is 2.24. The van der Waals surface area contributed by atoms with E-state index < -0.39 is 31.2 Å². The summed E-state index contributed by atoms with van der Waals surface area (Å²) in [6.07, 6.45) is 1.31. The summed E-state index contributed by atoms with van der Waals surface area (Å²) < 4.78 is 4.93. The van der Waals surface area contributed by atoms with Crippen molar-refractivity contribution in [2.45, 2.75) is 43.9 Å². The van der Waals surface area contributed by atoms with Crippen molar-refractivity contribution in [3.63, 3.8) is 0 Å². The first-order valence-corrected chi connectivity index (χ1v) is 6.16. The minimum absolute atomic E-state index is 0.102. The average Bonchev–Trinajstić information content (AvgIpc) is 2.34. The molecule has 1 aliphatic rings. The smallest absolute Gasteiger partial charge is 0.154 e. The van der Waals surface area contributed by atoms with Crippen molar-refractivity contribution in [2.75, 3.05) is 13.2 Å². The molecule has 0 fully saturated rings. The lowest BCUT2D eigenvalue weighted by Gasteiger charge is -2.26. The van der Waals surface area contributed by atoms with Gasteiger partial charge in [-0.2, -0.15) is 0 Å². The first-order valence-electron chi connectivity index (χ1n) is 6.16. The maximum Gasteiger partial charge on any atom is 0.154 e. The van der Waals surface area contributed by atoms with Gasteiger partial charge in [0.1, 0.15) is 6.10 Å². The Balaban J connectivity index is 2.21. The molecule has 0 saturated carbocycles. The maximum atomic E-state index is 9.70. The molecule has 6 heteroatoms. The fourth-order valence-electron chi connectivity index (χ4n) is 1.88. The van der Waals surface area contributed by atoms with Gasteiger partial charge in [0.2, 0.25) is 0 Å². The zero-order chi connectivity index (χ0) is 13.5. The Bertz CT molecular complexity index is 257. The van der Waals surface area contributed by atoms with Crippen LogP contribution in [0.5, 0.6) is 0 Å². The van der Waals surface area contributed by atoms with Crippen LogP contribution in [0, 0.1) is 5.92 Å². The zero-order valence-corrected chi connectivity index (χ0v) is 10.2. The van der Waals surface area contributed by atoms with E-state index in [4.69, 9.17) is 14.9 Å². The topological polar surface area (TPSA) is 110 Å². The third-order valence-corrected chi connectivity index (χ3v) is 3.00. The number of hydrogen-bond donors (Lipinski definition) is 5. The van der Waals surface area contributed by atoms with Crippen LogP contribution in [0.2, 0.25) is 0 Å². The van der Waals surface area contributed by atoms with Gasteiger partial charge in [-0.3, -0.25) is 0 Å². The number of rotatable bonds is 7. The van der Waals surface area contributed by atoms with Gasteiger partial charge in [-0.15, -0.1) is 0 Å². The molecule has 6 nitrogen and oxygen atoms in total. The molecule has 5 N–H and O–H groups in total. The molecule has 5 atom stereocenters. The molecule has 0 aromatic heterocycles. The summed E-state index contributed by atoms with van der Waals surface area (Å²) in [7, 11) is 0. The van der Waals surface area contributed by atoms with E-state index in [1.54, 1.807) is 12.2 Å². The molecule has 5 unspecified atom stereocenters. The zero-order valence-electron chi connectivity index (χ0n) is 10.2. The predicted molar refractivity (Wildman–Crippen MR) is 63.5 cm³/mol. The van der Waals surface area contributed by atoms with E-state index in [0.29, 0.717) is 19.3 Å². The van der Waals surface area contributed by atoms with Crippen LogP contribution in [0.3, 0.4) is 0 Å². The fraction of sp³-hybridized carbons (Fsp3) is 0.833. The van der Waals surface area contributed by atoms with Gasteiger partial charge in [-0.1, -0.05) is 12.2 Å². The van der Waals surface area contributed by atoms with Crippen LogP contribution < -0.4 is 0 Å². The summed E-state index contributed by atoms with van der Waals surface area (Å²) in [5.74, 6) is -0.102. The Morgan fingerprint density at radius 1 is 1.22 bits per heavy atom. The van der Waals surface area contributed by atoms with Crippen molar-refractivity contribution in [2.24, 2.45) is 5.92 Å². The lowest BCUT2D eigenvalue weighted by atomic mass is 9.88. The van der Waals surface area contributed by atoms with Crippen LogP contribution in [0.15, 0.2) is 12.2 Å². The summed E-state index contributed by atoms with van der Waals surface area (Å²) in [6, 6.07) is 0. The second kappa shape index (κ2) is 7.83. The highest BCUT2D eigenvalue weighted by atomic mass is 16.6. The first kappa shape index (κ1) is 15.6. The second-order valence-corrected chi connectivity index (χ2v) is 4.62. The van der Waals surface area contributed by atoms with Gasteiger partial charge in [-0.05, 0) is 12.8 Å². The van der Waals surface area contributed by atoms with E-state index in [2.05, 4.69) is 0 Å². The first-order chi connectivity index (χ1) is 8.52. The van der Waals surface area contributed by atoms with Crippen molar-refractivity contribution in [1.82, 2.24) is 0 Å². The normalized spacial score (nSPS) is 31.3. The largest absolute Gasteiger partial charge is 0.394 e. The molecule has 106 valence electrons. The minimum Gasteiger partial charge on any atom is -0.394 e. The van der Waals surface area contributed by atoms with Crippen LogP contribution >= 0.6 is 0 Å². The summed E-state index contributed by atoms with van der Waals surface area (Å²) in [5, 5.41) is 46.1. The lowest BCUT2D eigenvalue weighted by Crippen LogP contribution is -2.29. The standard InChI is InChI=1S/C12H22O6/c13-6-10(15)7-18-12(17)4-2-8-1-3-9(14)5-11(8)16/h1,3,8-17H,2,4-7H2. The molecule has 1 rings (SSSR count). The fourth-order valence-corrected chi connectivity index (χ4v) is 1.88. The predicted octanol–water partition coefficient (Wildman–Crippen LogP) is -1.25. The summed E-state index contributed by atoms with van der Waals surface area (Å²) in [4.78, 5) is 0. The molecule has 1 aliphatic carbocycles. The van der Waals surface area contributed by atoms with E-state index in [1.807, 2.05) is 0 Å².